The van der Waals surface area contributed by atoms with Gasteiger partial charge in [0.25, 0.3) is 5.24 Å². The van der Waals surface area contributed by atoms with Crippen LogP contribution in [0.25, 0.3) is 0 Å². The SMILES string of the molecule is Cl.O=C1N[C@H](C(=O)N2CCNCC2c2ccccc2Cl)CS1. The van der Waals surface area contributed by atoms with E-state index in [-0.39, 0.29) is 29.6 Å². The zero-order valence-corrected chi connectivity index (χ0v) is 14.1. The molecular formula is C14H17Cl2N3O2S. The fourth-order valence-corrected chi connectivity index (χ4v) is 3.74. The minimum absolute atomic E-state index is 0. The molecule has 2 fully saturated rings. The Labute approximate surface area is 144 Å². The first-order chi connectivity index (χ1) is 10.2. The highest BCUT2D eigenvalue weighted by atomic mass is 35.5. The van der Waals surface area contributed by atoms with Gasteiger partial charge in [0.15, 0.2) is 0 Å². The van der Waals surface area contributed by atoms with Gasteiger partial charge in [-0.25, -0.2) is 0 Å². The Balaban J connectivity index is 0.00000176. The van der Waals surface area contributed by atoms with Gasteiger partial charge in [0.2, 0.25) is 5.91 Å². The lowest BCUT2D eigenvalue weighted by atomic mass is 10.0. The summed E-state index contributed by atoms with van der Waals surface area (Å²) in [4.78, 5) is 25.8. The number of nitrogens with one attached hydrogen (secondary N) is 2. The molecule has 2 N–H and O–H groups in total. The predicted octanol–water partition coefficient (Wildman–Crippen LogP) is 2.06. The van der Waals surface area contributed by atoms with E-state index in [0.29, 0.717) is 23.9 Å². The Morgan fingerprint density at radius 1 is 1.36 bits per heavy atom. The maximum atomic E-state index is 12.7. The summed E-state index contributed by atoms with van der Waals surface area (Å²) in [5, 5.41) is 6.55. The van der Waals surface area contributed by atoms with Gasteiger partial charge in [-0.1, -0.05) is 41.6 Å². The highest BCUT2D eigenvalue weighted by Crippen LogP contribution is 2.29. The van der Waals surface area contributed by atoms with Crippen LogP contribution in [-0.4, -0.2) is 47.5 Å². The molecule has 22 heavy (non-hydrogen) atoms. The summed E-state index contributed by atoms with van der Waals surface area (Å²) in [6.45, 7) is 2.04. The highest BCUT2D eigenvalue weighted by Gasteiger charge is 2.36. The highest BCUT2D eigenvalue weighted by molar-refractivity contribution is 8.14. The van der Waals surface area contributed by atoms with Crippen molar-refractivity contribution in [1.82, 2.24) is 15.5 Å². The van der Waals surface area contributed by atoms with Crippen LogP contribution in [0.5, 0.6) is 0 Å². The van der Waals surface area contributed by atoms with Crippen molar-refractivity contribution in [3.8, 4) is 0 Å². The number of hydrogen-bond donors (Lipinski definition) is 2. The second-order valence-electron chi connectivity index (χ2n) is 5.07. The molecule has 0 spiro atoms. The van der Waals surface area contributed by atoms with Crippen molar-refractivity contribution in [2.24, 2.45) is 0 Å². The number of carbonyl (C=O) groups is 2. The van der Waals surface area contributed by atoms with Crippen LogP contribution in [-0.2, 0) is 4.79 Å². The number of thioether (sulfide) groups is 1. The maximum absolute atomic E-state index is 12.7. The third-order valence-corrected chi connectivity index (χ3v) is 4.99. The number of nitrogens with zero attached hydrogens (tertiary/aromatic N) is 1. The molecule has 5 nitrogen and oxygen atoms in total. The molecule has 0 bridgehead atoms. The Morgan fingerprint density at radius 2 is 2.14 bits per heavy atom. The van der Waals surface area contributed by atoms with Crippen LogP contribution in [0.3, 0.4) is 0 Å². The lowest BCUT2D eigenvalue weighted by molar-refractivity contribution is -0.135. The normalized spacial score (nSPS) is 24.6. The van der Waals surface area contributed by atoms with Crippen molar-refractivity contribution in [2.45, 2.75) is 12.1 Å². The van der Waals surface area contributed by atoms with Crippen LogP contribution in [0.1, 0.15) is 11.6 Å². The van der Waals surface area contributed by atoms with E-state index in [9.17, 15) is 9.59 Å². The smallest absolute Gasteiger partial charge is 0.279 e. The molecule has 2 amide bonds. The van der Waals surface area contributed by atoms with Crippen molar-refractivity contribution in [2.75, 3.05) is 25.4 Å². The molecule has 3 rings (SSSR count). The summed E-state index contributed by atoms with van der Waals surface area (Å²) in [7, 11) is 0. The molecule has 2 aliphatic rings. The maximum Gasteiger partial charge on any atom is 0.279 e. The van der Waals surface area contributed by atoms with Crippen molar-refractivity contribution < 1.29 is 9.59 Å². The lowest BCUT2D eigenvalue weighted by Gasteiger charge is -2.38. The van der Waals surface area contributed by atoms with Crippen molar-refractivity contribution in [3.05, 3.63) is 34.9 Å². The third-order valence-electron chi connectivity index (χ3n) is 3.76. The zero-order valence-electron chi connectivity index (χ0n) is 11.8. The van der Waals surface area contributed by atoms with Gasteiger partial charge in [0.05, 0.1) is 6.04 Å². The summed E-state index contributed by atoms with van der Waals surface area (Å²) >= 11 is 7.43. The average Bonchev–Trinajstić information content (AvgIpc) is 2.94. The zero-order chi connectivity index (χ0) is 14.8. The molecule has 1 unspecified atom stereocenters. The fourth-order valence-electron chi connectivity index (χ4n) is 2.71. The molecule has 120 valence electrons. The lowest BCUT2D eigenvalue weighted by Crippen LogP contribution is -2.54. The number of benzene rings is 1. The molecule has 2 heterocycles. The molecule has 8 heteroatoms. The quantitative estimate of drug-likeness (QED) is 0.846. The molecule has 0 saturated carbocycles. The number of carbonyl (C=O) groups excluding carboxylic acids is 2. The Hall–Kier alpha value is -0.950. The van der Waals surface area contributed by atoms with Gasteiger partial charge in [-0.2, -0.15) is 0 Å². The van der Waals surface area contributed by atoms with E-state index in [4.69, 9.17) is 11.6 Å². The van der Waals surface area contributed by atoms with Gasteiger partial charge < -0.3 is 15.5 Å². The molecule has 0 aromatic heterocycles. The third kappa shape index (κ3) is 3.51. The van der Waals surface area contributed by atoms with Gasteiger partial charge in [-0.3, -0.25) is 9.59 Å². The molecule has 2 saturated heterocycles. The first-order valence-electron chi connectivity index (χ1n) is 6.86. The van der Waals surface area contributed by atoms with E-state index in [0.717, 1.165) is 23.9 Å². The predicted molar refractivity (Wildman–Crippen MR) is 90.8 cm³/mol. The van der Waals surface area contributed by atoms with Crippen LogP contribution in [0, 0.1) is 0 Å². The van der Waals surface area contributed by atoms with E-state index in [1.165, 1.54) is 0 Å². The Bertz CT molecular complexity index is 573. The van der Waals surface area contributed by atoms with Crippen LogP contribution < -0.4 is 10.6 Å². The van der Waals surface area contributed by atoms with Crippen molar-refractivity contribution in [1.29, 1.82) is 0 Å². The minimum atomic E-state index is -0.425. The van der Waals surface area contributed by atoms with Crippen molar-refractivity contribution >= 4 is 46.9 Å². The van der Waals surface area contributed by atoms with Crippen LogP contribution in [0.15, 0.2) is 24.3 Å². The summed E-state index contributed by atoms with van der Waals surface area (Å²) in [6, 6.07) is 7.06. The number of amides is 2. The molecule has 0 aliphatic carbocycles. The van der Waals surface area contributed by atoms with Gasteiger partial charge in [0.1, 0.15) is 6.04 Å². The topological polar surface area (TPSA) is 61.4 Å². The van der Waals surface area contributed by atoms with Crippen molar-refractivity contribution in [3.63, 3.8) is 0 Å². The number of halogens is 2. The van der Waals surface area contributed by atoms with E-state index < -0.39 is 6.04 Å². The standard InChI is InChI=1S/C14H16ClN3O2S.ClH/c15-10-4-2-1-3-9(10)12-7-16-5-6-18(12)13(19)11-8-21-14(20)17-11;/h1-4,11-12,16H,5-8H2,(H,17,20);1H/t11-,12?;/m0./s1. The summed E-state index contributed by atoms with van der Waals surface area (Å²) in [5.41, 5.74) is 0.941. The summed E-state index contributed by atoms with van der Waals surface area (Å²) in [6.07, 6.45) is 0. The molecule has 0 radical (unpaired) electrons. The van der Waals surface area contributed by atoms with Gasteiger partial charge in [0, 0.05) is 30.4 Å². The fraction of sp³-hybridized carbons (Fsp3) is 0.429. The average molecular weight is 362 g/mol. The molecule has 1 aromatic rings. The van der Waals surface area contributed by atoms with E-state index >= 15 is 0 Å². The monoisotopic (exact) mass is 361 g/mol. The number of rotatable bonds is 2. The van der Waals surface area contributed by atoms with E-state index in [1.54, 1.807) is 0 Å². The number of hydrogen-bond acceptors (Lipinski definition) is 4. The van der Waals surface area contributed by atoms with Crippen LogP contribution >= 0.6 is 35.8 Å². The molecular weight excluding hydrogens is 345 g/mol. The second kappa shape index (κ2) is 7.55. The van der Waals surface area contributed by atoms with Gasteiger partial charge in [-0.15, -0.1) is 12.4 Å². The molecule has 2 aliphatic heterocycles. The second-order valence-corrected chi connectivity index (χ2v) is 6.47. The van der Waals surface area contributed by atoms with Gasteiger partial charge >= 0.3 is 0 Å². The first-order valence-corrected chi connectivity index (χ1v) is 8.22. The molecule has 2 atom stereocenters. The van der Waals surface area contributed by atoms with E-state index in [2.05, 4.69) is 10.6 Å². The number of piperazine rings is 1. The Kier molecular flexibility index (Phi) is 5.97. The summed E-state index contributed by atoms with van der Waals surface area (Å²) < 4.78 is 0. The largest absolute Gasteiger partial charge is 0.334 e. The molecule has 1 aromatic carbocycles. The summed E-state index contributed by atoms with van der Waals surface area (Å²) in [5.74, 6) is 0.469. The minimum Gasteiger partial charge on any atom is -0.334 e. The van der Waals surface area contributed by atoms with E-state index in [1.807, 2.05) is 29.2 Å². The van der Waals surface area contributed by atoms with Crippen LogP contribution in [0.4, 0.5) is 4.79 Å². The first kappa shape index (κ1) is 17.4. The Morgan fingerprint density at radius 3 is 2.82 bits per heavy atom. The van der Waals surface area contributed by atoms with Gasteiger partial charge in [-0.05, 0) is 11.6 Å². The van der Waals surface area contributed by atoms with Crippen LogP contribution in [0.2, 0.25) is 5.02 Å².